The number of hydrogen-bond donors (Lipinski definition) is 0. The lowest BCUT2D eigenvalue weighted by molar-refractivity contribution is 0.431. The van der Waals surface area contributed by atoms with Gasteiger partial charge in [0.1, 0.15) is 0 Å². The highest BCUT2D eigenvalue weighted by Gasteiger charge is 2.16. The lowest BCUT2D eigenvalue weighted by Gasteiger charge is -2.16. The molecule has 1 heterocycles. The van der Waals surface area contributed by atoms with Crippen molar-refractivity contribution in [1.82, 2.24) is 4.31 Å². The van der Waals surface area contributed by atoms with Crippen LogP contribution in [0.15, 0.2) is 11.6 Å². The Morgan fingerprint density at radius 3 is 2.67 bits per heavy atom. The zero-order valence-corrected chi connectivity index (χ0v) is 8.39. The SMILES string of the molecule is CC1=CCCN(S(C)(=O)=O)CC1. The van der Waals surface area contributed by atoms with Gasteiger partial charge in [-0.25, -0.2) is 12.7 Å². The maximum Gasteiger partial charge on any atom is 0.211 e. The van der Waals surface area contributed by atoms with Crippen molar-refractivity contribution in [2.24, 2.45) is 0 Å². The monoisotopic (exact) mass is 189 g/mol. The van der Waals surface area contributed by atoms with Gasteiger partial charge in [0.2, 0.25) is 10.0 Å². The van der Waals surface area contributed by atoms with Crippen molar-refractivity contribution in [3.8, 4) is 0 Å². The maximum atomic E-state index is 11.1. The minimum Gasteiger partial charge on any atom is -0.213 e. The van der Waals surface area contributed by atoms with Gasteiger partial charge in [-0.1, -0.05) is 11.6 Å². The van der Waals surface area contributed by atoms with E-state index in [1.165, 1.54) is 11.8 Å². The molecular weight excluding hydrogens is 174 g/mol. The molecule has 0 aliphatic carbocycles. The standard InChI is InChI=1S/C8H15NO2S/c1-8-4-3-6-9(7-5-8)12(2,10)11/h4H,3,5-7H2,1-2H3. The Labute approximate surface area is 74.1 Å². The summed E-state index contributed by atoms with van der Waals surface area (Å²) in [6, 6.07) is 0. The summed E-state index contributed by atoms with van der Waals surface area (Å²) < 4.78 is 23.8. The first-order valence-corrected chi connectivity index (χ1v) is 5.96. The van der Waals surface area contributed by atoms with Gasteiger partial charge in [0.15, 0.2) is 0 Å². The van der Waals surface area contributed by atoms with Crippen molar-refractivity contribution >= 4 is 10.0 Å². The Kier molecular flexibility index (Phi) is 2.90. The average molecular weight is 189 g/mol. The smallest absolute Gasteiger partial charge is 0.211 e. The van der Waals surface area contributed by atoms with Crippen molar-refractivity contribution in [2.45, 2.75) is 19.8 Å². The predicted octanol–water partition coefficient (Wildman–Crippen LogP) is 0.988. The van der Waals surface area contributed by atoms with Crippen LogP contribution < -0.4 is 0 Å². The van der Waals surface area contributed by atoms with Crippen molar-refractivity contribution in [3.63, 3.8) is 0 Å². The van der Waals surface area contributed by atoms with Crippen LogP contribution in [0, 0.1) is 0 Å². The molecule has 0 spiro atoms. The van der Waals surface area contributed by atoms with E-state index in [-0.39, 0.29) is 0 Å². The Balaban J connectivity index is 2.65. The first kappa shape index (κ1) is 9.74. The lowest BCUT2D eigenvalue weighted by Crippen LogP contribution is -2.30. The van der Waals surface area contributed by atoms with Crippen molar-refractivity contribution < 1.29 is 8.42 Å². The number of sulfonamides is 1. The predicted molar refractivity (Wildman–Crippen MR) is 49.4 cm³/mol. The summed E-state index contributed by atoms with van der Waals surface area (Å²) in [6.45, 7) is 3.32. The molecule has 0 saturated carbocycles. The summed E-state index contributed by atoms with van der Waals surface area (Å²) in [6.07, 6.45) is 5.10. The molecule has 0 N–H and O–H groups in total. The minimum absolute atomic E-state index is 0.635. The van der Waals surface area contributed by atoms with E-state index in [2.05, 4.69) is 6.08 Å². The molecule has 0 radical (unpaired) electrons. The summed E-state index contributed by atoms with van der Waals surface area (Å²) in [4.78, 5) is 0. The van der Waals surface area contributed by atoms with Gasteiger partial charge < -0.3 is 0 Å². The highest BCUT2D eigenvalue weighted by molar-refractivity contribution is 7.88. The number of rotatable bonds is 1. The Morgan fingerprint density at radius 1 is 1.42 bits per heavy atom. The van der Waals surface area contributed by atoms with Gasteiger partial charge in [-0.15, -0.1) is 0 Å². The van der Waals surface area contributed by atoms with E-state index in [1.54, 1.807) is 4.31 Å². The molecule has 1 aliphatic heterocycles. The zero-order chi connectivity index (χ0) is 9.19. The summed E-state index contributed by atoms with van der Waals surface area (Å²) in [5.41, 5.74) is 1.29. The Morgan fingerprint density at radius 2 is 2.08 bits per heavy atom. The minimum atomic E-state index is -2.97. The molecule has 0 aromatic heterocycles. The van der Waals surface area contributed by atoms with Gasteiger partial charge >= 0.3 is 0 Å². The highest BCUT2D eigenvalue weighted by Crippen LogP contribution is 2.12. The van der Waals surface area contributed by atoms with E-state index in [9.17, 15) is 8.42 Å². The molecule has 0 aromatic rings. The third kappa shape index (κ3) is 2.60. The van der Waals surface area contributed by atoms with Crippen molar-refractivity contribution in [1.29, 1.82) is 0 Å². The fraction of sp³-hybridized carbons (Fsp3) is 0.750. The van der Waals surface area contributed by atoms with Gasteiger partial charge in [0.05, 0.1) is 6.26 Å². The average Bonchev–Trinajstić information content (AvgIpc) is 2.11. The normalized spacial score (nSPS) is 21.7. The van der Waals surface area contributed by atoms with Gasteiger partial charge in [0, 0.05) is 13.1 Å². The molecule has 1 rings (SSSR count). The van der Waals surface area contributed by atoms with Gasteiger partial charge in [-0.2, -0.15) is 0 Å². The lowest BCUT2D eigenvalue weighted by atomic mass is 10.2. The zero-order valence-electron chi connectivity index (χ0n) is 7.58. The molecule has 12 heavy (non-hydrogen) atoms. The highest BCUT2D eigenvalue weighted by atomic mass is 32.2. The van der Waals surface area contributed by atoms with Crippen LogP contribution in [0.25, 0.3) is 0 Å². The van der Waals surface area contributed by atoms with E-state index in [0.29, 0.717) is 13.1 Å². The van der Waals surface area contributed by atoms with E-state index in [0.717, 1.165) is 12.8 Å². The third-order valence-corrected chi connectivity index (χ3v) is 3.40. The van der Waals surface area contributed by atoms with Crippen molar-refractivity contribution in [3.05, 3.63) is 11.6 Å². The second kappa shape index (κ2) is 3.58. The van der Waals surface area contributed by atoms with Gasteiger partial charge in [-0.05, 0) is 19.8 Å². The number of nitrogens with zero attached hydrogens (tertiary/aromatic N) is 1. The fourth-order valence-corrected chi connectivity index (χ4v) is 2.16. The van der Waals surface area contributed by atoms with Crippen LogP contribution in [0.2, 0.25) is 0 Å². The molecular formula is C8H15NO2S. The summed E-state index contributed by atoms with van der Waals surface area (Å²) in [7, 11) is -2.97. The molecule has 0 atom stereocenters. The third-order valence-electron chi connectivity index (χ3n) is 2.10. The van der Waals surface area contributed by atoms with Gasteiger partial charge in [0.25, 0.3) is 0 Å². The number of hydrogen-bond acceptors (Lipinski definition) is 2. The molecule has 0 amide bonds. The summed E-state index contributed by atoms with van der Waals surface area (Å²) in [5, 5.41) is 0. The van der Waals surface area contributed by atoms with Crippen LogP contribution in [0.1, 0.15) is 19.8 Å². The maximum absolute atomic E-state index is 11.1. The molecule has 1 aliphatic rings. The first-order valence-electron chi connectivity index (χ1n) is 4.11. The second-order valence-electron chi connectivity index (χ2n) is 3.25. The summed E-state index contributed by atoms with van der Waals surface area (Å²) in [5.74, 6) is 0. The molecule has 70 valence electrons. The molecule has 0 aromatic carbocycles. The summed E-state index contributed by atoms with van der Waals surface area (Å²) >= 11 is 0. The quantitative estimate of drug-likeness (QED) is 0.577. The van der Waals surface area contributed by atoms with Crippen LogP contribution in [-0.2, 0) is 10.0 Å². The Bertz CT molecular complexity index is 279. The first-order chi connectivity index (χ1) is 5.50. The molecule has 0 unspecified atom stereocenters. The topological polar surface area (TPSA) is 37.4 Å². The van der Waals surface area contributed by atoms with Crippen LogP contribution in [0.5, 0.6) is 0 Å². The van der Waals surface area contributed by atoms with E-state index in [1.807, 2.05) is 6.92 Å². The molecule has 4 heteroatoms. The van der Waals surface area contributed by atoms with Crippen molar-refractivity contribution in [2.75, 3.05) is 19.3 Å². The van der Waals surface area contributed by atoms with Crippen LogP contribution in [0.3, 0.4) is 0 Å². The van der Waals surface area contributed by atoms with E-state index in [4.69, 9.17) is 0 Å². The fourth-order valence-electron chi connectivity index (χ4n) is 1.30. The molecule has 3 nitrogen and oxygen atoms in total. The van der Waals surface area contributed by atoms with Gasteiger partial charge in [-0.3, -0.25) is 0 Å². The second-order valence-corrected chi connectivity index (χ2v) is 5.23. The molecule has 0 saturated heterocycles. The van der Waals surface area contributed by atoms with E-state index >= 15 is 0 Å². The Hall–Kier alpha value is -0.350. The molecule has 0 fully saturated rings. The largest absolute Gasteiger partial charge is 0.213 e. The van der Waals surface area contributed by atoms with Crippen LogP contribution in [-0.4, -0.2) is 32.1 Å². The molecule has 0 bridgehead atoms. The van der Waals surface area contributed by atoms with E-state index < -0.39 is 10.0 Å². The van der Waals surface area contributed by atoms with Crippen LogP contribution >= 0.6 is 0 Å². The van der Waals surface area contributed by atoms with Crippen LogP contribution in [0.4, 0.5) is 0 Å².